The number of hydrogen-bond acceptors (Lipinski definition) is 4. The number of rotatable bonds is 6. The number of likely N-dealkylation sites (tertiary alicyclic amines) is 1. The molecule has 1 aliphatic heterocycles. The summed E-state index contributed by atoms with van der Waals surface area (Å²) in [7, 11) is 1.77. The molecule has 1 unspecified atom stereocenters. The zero-order chi connectivity index (χ0) is 22.6. The van der Waals surface area contributed by atoms with E-state index in [0.717, 1.165) is 16.7 Å². The number of terminal acetylenes is 1. The molecule has 7 heteroatoms. The first-order valence-electron chi connectivity index (χ1n) is 10.5. The van der Waals surface area contributed by atoms with E-state index in [1.165, 1.54) is 0 Å². The summed E-state index contributed by atoms with van der Waals surface area (Å²) in [6.45, 7) is 0.938. The van der Waals surface area contributed by atoms with Gasteiger partial charge in [-0.2, -0.15) is 5.10 Å². The van der Waals surface area contributed by atoms with Crippen molar-refractivity contribution in [2.75, 3.05) is 19.6 Å². The SMILES string of the molecule is C#CCNC(=O)C1(Cc2ccccc2-c2cccnc2)CCN(C(=O)c2ccn(C)n2)C1. The van der Waals surface area contributed by atoms with Gasteiger partial charge in [-0.25, -0.2) is 0 Å². The highest BCUT2D eigenvalue weighted by Gasteiger charge is 2.46. The van der Waals surface area contributed by atoms with Gasteiger partial charge in [0, 0.05) is 44.3 Å². The molecule has 1 aromatic carbocycles. The number of benzene rings is 1. The van der Waals surface area contributed by atoms with Crippen LogP contribution in [0.25, 0.3) is 11.1 Å². The summed E-state index contributed by atoms with van der Waals surface area (Å²) in [4.78, 5) is 32.3. The summed E-state index contributed by atoms with van der Waals surface area (Å²) in [5.74, 6) is 2.17. The van der Waals surface area contributed by atoms with E-state index in [0.29, 0.717) is 31.6 Å². The molecule has 4 rings (SSSR count). The molecule has 3 aromatic rings. The molecule has 2 amide bonds. The zero-order valence-electron chi connectivity index (χ0n) is 18.0. The quantitative estimate of drug-likeness (QED) is 0.612. The molecule has 1 saturated heterocycles. The van der Waals surface area contributed by atoms with Crippen molar-refractivity contribution in [2.45, 2.75) is 12.8 Å². The van der Waals surface area contributed by atoms with E-state index < -0.39 is 5.41 Å². The van der Waals surface area contributed by atoms with Crippen LogP contribution in [-0.4, -0.2) is 51.1 Å². The number of nitrogens with one attached hydrogen (secondary N) is 1. The first kappa shape index (κ1) is 21.3. The molecule has 0 radical (unpaired) electrons. The monoisotopic (exact) mass is 427 g/mol. The fraction of sp³-hybridized carbons (Fsp3) is 0.280. The molecule has 2 aromatic heterocycles. The predicted molar refractivity (Wildman–Crippen MR) is 121 cm³/mol. The van der Waals surface area contributed by atoms with Crippen molar-refractivity contribution in [1.29, 1.82) is 0 Å². The van der Waals surface area contributed by atoms with Crippen molar-refractivity contribution in [1.82, 2.24) is 25.0 Å². The molecule has 0 saturated carbocycles. The number of carbonyl (C=O) groups excluding carboxylic acids is 2. The van der Waals surface area contributed by atoms with Gasteiger partial charge in [-0.3, -0.25) is 19.3 Å². The highest BCUT2D eigenvalue weighted by Crippen LogP contribution is 2.38. The molecule has 1 aliphatic rings. The van der Waals surface area contributed by atoms with Crippen molar-refractivity contribution in [3.63, 3.8) is 0 Å². The Morgan fingerprint density at radius 1 is 1.22 bits per heavy atom. The maximum atomic E-state index is 13.3. The topological polar surface area (TPSA) is 80.1 Å². The van der Waals surface area contributed by atoms with Crippen molar-refractivity contribution in [3.05, 3.63) is 72.3 Å². The lowest BCUT2D eigenvalue weighted by Gasteiger charge is -2.29. The normalized spacial score (nSPS) is 17.7. The van der Waals surface area contributed by atoms with Gasteiger partial charge in [0.05, 0.1) is 12.0 Å². The lowest BCUT2D eigenvalue weighted by molar-refractivity contribution is -0.130. The summed E-state index contributed by atoms with van der Waals surface area (Å²) < 4.78 is 1.60. The minimum absolute atomic E-state index is 0.132. The van der Waals surface area contributed by atoms with Crippen LogP contribution in [0.2, 0.25) is 0 Å². The largest absolute Gasteiger partial charge is 0.345 e. The number of nitrogens with zero attached hydrogens (tertiary/aromatic N) is 4. The first-order chi connectivity index (χ1) is 15.5. The van der Waals surface area contributed by atoms with Crippen LogP contribution in [0.5, 0.6) is 0 Å². The third-order valence-electron chi connectivity index (χ3n) is 5.93. The first-order valence-corrected chi connectivity index (χ1v) is 10.5. The molecule has 0 spiro atoms. The van der Waals surface area contributed by atoms with Crippen LogP contribution in [0.4, 0.5) is 0 Å². The van der Waals surface area contributed by atoms with Crippen LogP contribution in [-0.2, 0) is 18.3 Å². The number of amides is 2. The molecular formula is C25H25N5O2. The van der Waals surface area contributed by atoms with Crippen molar-refractivity contribution in [3.8, 4) is 23.5 Å². The summed E-state index contributed by atoms with van der Waals surface area (Å²) in [6.07, 6.45) is 11.7. The van der Waals surface area contributed by atoms with Crippen LogP contribution in [0, 0.1) is 17.8 Å². The minimum atomic E-state index is -0.778. The lowest BCUT2D eigenvalue weighted by atomic mass is 9.78. The van der Waals surface area contributed by atoms with E-state index in [9.17, 15) is 9.59 Å². The van der Waals surface area contributed by atoms with Gasteiger partial charge >= 0.3 is 0 Å². The smallest absolute Gasteiger partial charge is 0.274 e. The Labute approximate surface area is 187 Å². The Kier molecular flexibility index (Phi) is 6.04. The third-order valence-corrected chi connectivity index (χ3v) is 5.93. The average Bonchev–Trinajstić information content (AvgIpc) is 3.45. The highest BCUT2D eigenvalue weighted by molar-refractivity contribution is 5.94. The number of aryl methyl sites for hydroxylation is 1. The third kappa shape index (κ3) is 4.26. The number of pyridine rings is 1. The van der Waals surface area contributed by atoms with Crippen molar-refractivity contribution < 1.29 is 9.59 Å². The molecule has 3 heterocycles. The molecule has 32 heavy (non-hydrogen) atoms. The molecule has 1 atom stereocenters. The average molecular weight is 428 g/mol. The number of aromatic nitrogens is 3. The predicted octanol–water partition coefficient (Wildman–Crippen LogP) is 2.31. The van der Waals surface area contributed by atoms with Crippen molar-refractivity contribution in [2.24, 2.45) is 12.5 Å². The van der Waals surface area contributed by atoms with E-state index in [2.05, 4.69) is 21.3 Å². The highest BCUT2D eigenvalue weighted by atomic mass is 16.2. The van der Waals surface area contributed by atoms with Crippen molar-refractivity contribution >= 4 is 11.8 Å². The Bertz CT molecular complexity index is 1160. The Balaban J connectivity index is 1.65. The van der Waals surface area contributed by atoms with E-state index in [-0.39, 0.29) is 18.4 Å². The van der Waals surface area contributed by atoms with Gasteiger partial charge in [-0.15, -0.1) is 6.42 Å². The summed E-state index contributed by atoms with van der Waals surface area (Å²) in [5.41, 5.74) is 2.65. The second-order valence-corrected chi connectivity index (χ2v) is 8.09. The van der Waals surface area contributed by atoms with Gasteiger partial charge in [-0.1, -0.05) is 36.3 Å². The number of carbonyl (C=O) groups is 2. The van der Waals surface area contributed by atoms with Crippen LogP contribution in [0.3, 0.4) is 0 Å². The summed E-state index contributed by atoms with van der Waals surface area (Å²) in [5, 5.41) is 7.08. The second-order valence-electron chi connectivity index (χ2n) is 8.09. The van der Waals surface area contributed by atoms with Crippen LogP contribution in [0.15, 0.2) is 61.1 Å². The summed E-state index contributed by atoms with van der Waals surface area (Å²) >= 11 is 0. The van der Waals surface area contributed by atoms with Gasteiger partial charge in [0.2, 0.25) is 5.91 Å². The van der Waals surface area contributed by atoms with Gasteiger partial charge < -0.3 is 10.2 Å². The van der Waals surface area contributed by atoms with Crippen LogP contribution < -0.4 is 5.32 Å². The van der Waals surface area contributed by atoms with E-state index >= 15 is 0 Å². The molecule has 7 nitrogen and oxygen atoms in total. The zero-order valence-corrected chi connectivity index (χ0v) is 18.0. The molecule has 1 N–H and O–H groups in total. The molecule has 0 bridgehead atoms. The molecular weight excluding hydrogens is 402 g/mol. The summed E-state index contributed by atoms with van der Waals surface area (Å²) in [6, 6.07) is 13.6. The van der Waals surface area contributed by atoms with Gasteiger partial charge in [0.1, 0.15) is 5.69 Å². The van der Waals surface area contributed by atoms with E-state index in [1.54, 1.807) is 35.1 Å². The fourth-order valence-electron chi connectivity index (χ4n) is 4.31. The maximum Gasteiger partial charge on any atom is 0.274 e. The van der Waals surface area contributed by atoms with Gasteiger partial charge in [-0.05, 0) is 36.1 Å². The van der Waals surface area contributed by atoms with E-state index in [4.69, 9.17) is 6.42 Å². The molecule has 1 fully saturated rings. The Hall–Kier alpha value is -3.92. The van der Waals surface area contributed by atoms with Crippen LogP contribution in [0.1, 0.15) is 22.5 Å². The molecule has 162 valence electrons. The second kappa shape index (κ2) is 9.06. The Morgan fingerprint density at radius 2 is 2.06 bits per heavy atom. The van der Waals surface area contributed by atoms with Crippen LogP contribution >= 0.6 is 0 Å². The number of hydrogen-bond donors (Lipinski definition) is 1. The van der Waals surface area contributed by atoms with Gasteiger partial charge in [0.15, 0.2) is 0 Å². The van der Waals surface area contributed by atoms with E-state index in [1.807, 2.05) is 42.6 Å². The fourth-order valence-corrected chi connectivity index (χ4v) is 4.31. The molecule has 0 aliphatic carbocycles. The minimum Gasteiger partial charge on any atom is -0.345 e. The van der Waals surface area contributed by atoms with Gasteiger partial charge in [0.25, 0.3) is 5.91 Å². The Morgan fingerprint density at radius 3 is 2.78 bits per heavy atom. The lowest BCUT2D eigenvalue weighted by Crippen LogP contribution is -2.45. The standard InChI is InChI=1S/C25H25N5O2/c1-3-12-27-24(32)25(11-15-30(18-25)23(31)22-10-14-29(2)28-22)16-19-7-4-5-9-21(19)20-8-6-13-26-17-20/h1,4-10,13-14,17H,11-12,15-16,18H2,2H3,(H,27,32). The maximum absolute atomic E-state index is 13.3.